The second kappa shape index (κ2) is 17.7. The van der Waals surface area contributed by atoms with Crippen LogP contribution in [0.2, 0.25) is 0 Å². The molecule has 14 heteroatoms. The van der Waals surface area contributed by atoms with Gasteiger partial charge in [0.05, 0.1) is 9.79 Å². The predicted octanol–water partition coefficient (Wildman–Crippen LogP) is 4.48. The molecule has 0 aliphatic heterocycles. The summed E-state index contributed by atoms with van der Waals surface area (Å²) in [5.74, 6) is 0. The Kier molecular flexibility index (Phi) is 15.0. The lowest BCUT2D eigenvalue weighted by molar-refractivity contribution is 0.250. The minimum atomic E-state index is -4.67. The normalized spacial score (nSPS) is 12.2. The van der Waals surface area contributed by atoms with E-state index in [2.05, 4.69) is 28.3 Å². The van der Waals surface area contributed by atoms with Crippen LogP contribution in [0.3, 0.4) is 0 Å². The molecule has 3 aromatic carbocycles. The van der Waals surface area contributed by atoms with Crippen LogP contribution in [0, 0.1) is 13.8 Å². The van der Waals surface area contributed by atoms with Gasteiger partial charge in [-0.1, -0.05) is 77.9 Å². The van der Waals surface area contributed by atoms with Gasteiger partial charge in [-0.2, -0.15) is 12.7 Å². The maximum Gasteiger partial charge on any atom is 0.394 e. The molecule has 248 valence electrons. The number of benzene rings is 3. The SMILES string of the molecule is C=C(C)CN(CCCN(CCCNS(=O)(=O)c1ccc(C)cc1)Cc1ccccc1)S(=O)(=O)c1ccc(C)cc1.O=S(=O)(O)O. The fourth-order valence-corrected chi connectivity index (χ4v) is 6.95. The second-order valence-corrected chi connectivity index (χ2v) is 15.3. The van der Waals surface area contributed by atoms with Crippen LogP contribution in [-0.4, -0.2) is 76.3 Å². The first-order valence-corrected chi connectivity index (χ1v) is 18.5. The molecule has 0 amide bonds. The Morgan fingerprint density at radius 3 is 1.73 bits per heavy atom. The summed E-state index contributed by atoms with van der Waals surface area (Å²) in [6.07, 6.45) is 1.25. The van der Waals surface area contributed by atoms with Crippen molar-refractivity contribution in [2.75, 3.05) is 32.7 Å². The number of hydrogen-bond donors (Lipinski definition) is 3. The van der Waals surface area contributed by atoms with E-state index in [1.165, 1.54) is 4.31 Å². The Morgan fingerprint density at radius 1 is 0.733 bits per heavy atom. The first-order chi connectivity index (χ1) is 21.0. The topological polar surface area (TPSA) is 161 Å². The molecule has 0 heterocycles. The molecule has 3 N–H and O–H groups in total. The molecular formula is C31H43N3O8S3. The monoisotopic (exact) mass is 681 g/mol. The van der Waals surface area contributed by atoms with Crippen LogP contribution >= 0.6 is 0 Å². The molecule has 0 saturated heterocycles. The van der Waals surface area contributed by atoms with Crippen molar-refractivity contribution in [3.05, 3.63) is 108 Å². The highest BCUT2D eigenvalue weighted by Crippen LogP contribution is 2.18. The van der Waals surface area contributed by atoms with Crippen LogP contribution in [0.5, 0.6) is 0 Å². The molecule has 0 fully saturated rings. The smallest absolute Gasteiger partial charge is 0.299 e. The highest BCUT2D eigenvalue weighted by Gasteiger charge is 2.24. The standard InChI is InChI=1S/C31H41N3O4S2.H2O4S/c1-26(2)24-34(40(37,38)31-18-14-28(4)15-19-31)23-9-22-33(25-29-10-6-5-7-11-29)21-8-20-32-39(35,36)30-16-12-27(3)13-17-30;1-5(2,3)4/h5-7,10-19,32H,1,8-9,20-25H2,2-4H3;(H2,1,2,3,4). The molecule has 0 spiro atoms. The van der Waals surface area contributed by atoms with Crippen LogP contribution in [0.4, 0.5) is 0 Å². The molecule has 11 nitrogen and oxygen atoms in total. The van der Waals surface area contributed by atoms with Crippen molar-refractivity contribution in [3.8, 4) is 0 Å². The summed E-state index contributed by atoms with van der Waals surface area (Å²) < 4.78 is 87.9. The number of rotatable bonds is 16. The zero-order valence-electron chi connectivity index (χ0n) is 25.8. The third-order valence-electron chi connectivity index (χ3n) is 6.51. The Balaban J connectivity index is 0.00000130. The van der Waals surface area contributed by atoms with E-state index in [9.17, 15) is 16.8 Å². The first-order valence-electron chi connectivity index (χ1n) is 14.2. The van der Waals surface area contributed by atoms with E-state index < -0.39 is 30.4 Å². The predicted molar refractivity (Wildman–Crippen MR) is 176 cm³/mol. The molecule has 0 saturated carbocycles. The molecule has 0 bridgehead atoms. The molecule has 0 aliphatic rings. The van der Waals surface area contributed by atoms with Gasteiger partial charge >= 0.3 is 10.4 Å². The minimum Gasteiger partial charge on any atom is -0.299 e. The average molecular weight is 682 g/mol. The number of sulfonamides is 2. The molecule has 0 aliphatic carbocycles. The molecule has 0 unspecified atom stereocenters. The van der Waals surface area contributed by atoms with Crippen molar-refractivity contribution in [2.24, 2.45) is 0 Å². The number of nitrogens with zero attached hydrogens (tertiary/aromatic N) is 2. The number of nitrogens with one attached hydrogen (secondary N) is 1. The zero-order chi connectivity index (χ0) is 33.7. The molecular weight excluding hydrogens is 639 g/mol. The maximum absolute atomic E-state index is 13.4. The van der Waals surface area contributed by atoms with Crippen molar-refractivity contribution in [3.63, 3.8) is 0 Å². The molecule has 0 aromatic heterocycles. The Morgan fingerprint density at radius 2 is 1.22 bits per heavy atom. The van der Waals surface area contributed by atoms with Crippen LogP contribution in [0.1, 0.15) is 36.5 Å². The lowest BCUT2D eigenvalue weighted by Crippen LogP contribution is -2.36. The molecule has 3 aromatic rings. The Labute approximate surface area is 268 Å². The van der Waals surface area contributed by atoms with Gasteiger partial charge in [-0.05, 0) is 76.5 Å². The van der Waals surface area contributed by atoms with Crippen molar-refractivity contribution < 1.29 is 34.4 Å². The van der Waals surface area contributed by atoms with Crippen molar-refractivity contribution in [1.29, 1.82) is 0 Å². The van der Waals surface area contributed by atoms with Crippen molar-refractivity contribution in [2.45, 2.75) is 49.9 Å². The Hall–Kier alpha value is -2.95. The van der Waals surface area contributed by atoms with Crippen molar-refractivity contribution >= 4 is 30.4 Å². The van der Waals surface area contributed by atoms with E-state index in [4.69, 9.17) is 17.5 Å². The molecule has 3 rings (SSSR count). The van der Waals surface area contributed by atoms with Gasteiger partial charge in [0.2, 0.25) is 20.0 Å². The van der Waals surface area contributed by atoms with E-state index in [1.54, 1.807) is 48.5 Å². The summed E-state index contributed by atoms with van der Waals surface area (Å²) >= 11 is 0. The number of hydrogen-bond acceptors (Lipinski definition) is 7. The van der Waals surface area contributed by atoms with Gasteiger partial charge in [0.25, 0.3) is 0 Å². The molecule has 45 heavy (non-hydrogen) atoms. The second-order valence-electron chi connectivity index (χ2n) is 10.7. The summed E-state index contributed by atoms with van der Waals surface area (Å²) in [7, 11) is -11.9. The van der Waals surface area contributed by atoms with E-state index in [1.807, 2.05) is 39.0 Å². The molecule has 0 atom stereocenters. The van der Waals surface area contributed by atoms with Crippen LogP contribution < -0.4 is 4.72 Å². The fourth-order valence-electron chi connectivity index (χ4n) is 4.34. The summed E-state index contributed by atoms with van der Waals surface area (Å²) in [6.45, 7) is 12.6. The van der Waals surface area contributed by atoms with Gasteiger partial charge in [0.1, 0.15) is 0 Å². The highest BCUT2D eigenvalue weighted by atomic mass is 32.3. The highest BCUT2D eigenvalue weighted by molar-refractivity contribution is 7.89. The summed E-state index contributed by atoms with van der Waals surface area (Å²) in [5.41, 5.74) is 3.93. The molecule has 0 radical (unpaired) electrons. The van der Waals surface area contributed by atoms with Crippen LogP contribution in [0.15, 0.2) is 101 Å². The van der Waals surface area contributed by atoms with Crippen LogP contribution in [0.25, 0.3) is 0 Å². The van der Waals surface area contributed by atoms with Gasteiger partial charge in [-0.25, -0.2) is 21.6 Å². The largest absolute Gasteiger partial charge is 0.394 e. The van der Waals surface area contributed by atoms with Gasteiger partial charge in [-0.3, -0.25) is 14.0 Å². The fraction of sp³-hybridized carbons (Fsp3) is 0.355. The quantitative estimate of drug-likeness (QED) is 0.113. The lowest BCUT2D eigenvalue weighted by Gasteiger charge is -2.26. The third-order valence-corrected chi connectivity index (χ3v) is 9.85. The van der Waals surface area contributed by atoms with Gasteiger partial charge in [0.15, 0.2) is 0 Å². The summed E-state index contributed by atoms with van der Waals surface area (Å²) in [5, 5.41) is 0. The van der Waals surface area contributed by atoms with Crippen LogP contribution in [-0.2, 0) is 37.0 Å². The van der Waals surface area contributed by atoms with Gasteiger partial charge in [0, 0.05) is 26.2 Å². The zero-order valence-corrected chi connectivity index (χ0v) is 28.3. The summed E-state index contributed by atoms with van der Waals surface area (Å²) in [4.78, 5) is 2.78. The van der Waals surface area contributed by atoms with E-state index >= 15 is 0 Å². The van der Waals surface area contributed by atoms with E-state index in [-0.39, 0.29) is 16.3 Å². The van der Waals surface area contributed by atoms with Gasteiger partial charge < -0.3 is 0 Å². The van der Waals surface area contributed by atoms with Gasteiger partial charge in [-0.15, -0.1) is 0 Å². The summed E-state index contributed by atoms with van der Waals surface area (Å²) in [6, 6.07) is 23.8. The maximum atomic E-state index is 13.4. The van der Waals surface area contributed by atoms with E-state index in [0.29, 0.717) is 45.6 Å². The van der Waals surface area contributed by atoms with E-state index in [0.717, 1.165) is 22.3 Å². The minimum absolute atomic E-state index is 0.256. The number of aryl methyl sites for hydroxylation is 2. The average Bonchev–Trinajstić information content (AvgIpc) is 2.94. The Bertz CT molecular complexity index is 1670. The third kappa shape index (κ3) is 14.8. The first kappa shape index (κ1) is 38.2. The van der Waals surface area contributed by atoms with Crippen molar-refractivity contribution in [1.82, 2.24) is 13.9 Å². The lowest BCUT2D eigenvalue weighted by atomic mass is 10.2.